The van der Waals surface area contributed by atoms with E-state index < -0.39 is 0 Å². The van der Waals surface area contributed by atoms with E-state index in [0.29, 0.717) is 19.6 Å². The zero-order chi connectivity index (χ0) is 19.8. The zero-order valence-corrected chi connectivity index (χ0v) is 16.3. The predicted octanol–water partition coefficient (Wildman–Crippen LogP) is 3.82. The summed E-state index contributed by atoms with van der Waals surface area (Å²) in [5.74, 6) is 1.86. The molecule has 0 saturated carbocycles. The van der Waals surface area contributed by atoms with Crippen molar-refractivity contribution in [2.45, 2.75) is 26.2 Å². The summed E-state index contributed by atoms with van der Waals surface area (Å²) in [6.07, 6.45) is 4.01. The van der Waals surface area contributed by atoms with E-state index in [4.69, 9.17) is 9.84 Å². The first-order chi connectivity index (χ1) is 13.7. The Labute approximate surface area is 165 Å². The van der Waals surface area contributed by atoms with E-state index in [0.717, 1.165) is 34.1 Å². The van der Waals surface area contributed by atoms with Gasteiger partial charge in [0.2, 0.25) is 0 Å². The van der Waals surface area contributed by atoms with Gasteiger partial charge in [0, 0.05) is 49.0 Å². The van der Waals surface area contributed by atoms with Gasteiger partial charge in [0.1, 0.15) is 17.9 Å². The molecule has 0 fully saturated rings. The molecular formula is C22H26N4O2. The number of hydrogen-bond donors (Lipinski definition) is 2. The fourth-order valence-corrected chi connectivity index (χ4v) is 2.86. The molecule has 6 nitrogen and oxygen atoms in total. The van der Waals surface area contributed by atoms with Crippen molar-refractivity contribution in [3.05, 3.63) is 66.2 Å². The standard InChI is InChI=1S/C22H26N4O2/c1-16(19-6-3-4-7-21(19)28-11-5-10-27)13-24-22-12-20(25-15-26-22)18-9-8-17(2)23-14-18/h3-4,6-9,12,14-16,27H,5,10-11,13H2,1-2H3,(H,24,25,26). The number of pyridine rings is 1. The molecule has 6 heteroatoms. The second kappa shape index (κ2) is 9.80. The molecule has 2 heterocycles. The lowest BCUT2D eigenvalue weighted by Crippen LogP contribution is -2.12. The van der Waals surface area contributed by atoms with Crippen LogP contribution >= 0.6 is 0 Å². The quantitative estimate of drug-likeness (QED) is 0.551. The number of anilines is 1. The fraction of sp³-hybridized carbons (Fsp3) is 0.318. The lowest BCUT2D eigenvalue weighted by atomic mass is 10.00. The van der Waals surface area contributed by atoms with Crippen LogP contribution in [-0.2, 0) is 0 Å². The highest BCUT2D eigenvalue weighted by Crippen LogP contribution is 2.27. The van der Waals surface area contributed by atoms with Gasteiger partial charge in [-0.2, -0.15) is 0 Å². The van der Waals surface area contributed by atoms with Crippen molar-refractivity contribution in [1.82, 2.24) is 15.0 Å². The SMILES string of the molecule is Cc1ccc(-c2cc(NCC(C)c3ccccc3OCCCO)ncn2)cn1. The van der Waals surface area contributed by atoms with Crippen molar-refractivity contribution in [2.75, 3.05) is 25.1 Å². The van der Waals surface area contributed by atoms with Crippen molar-refractivity contribution in [3.63, 3.8) is 0 Å². The Morgan fingerprint density at radius 1 is 1.11 bits per heavy atom. The van der Waals surface area contributed by atoms with Crippen molar-refractivity contribution in [3.8, 4) is 17.0 Å². The minimum absolute atomic E-state index is 0.131. The van der Waals surface area contributed by atoms with Gasteiger partial charge in [0.25, 0.3) is 0 Å². The Kier molecular flexibility index (Phi) is 6.92. The molecule has 0 aliphatic heterocycles. The summed E-state index contributed by atoms with van der Waals surface area (Å²) in [5.41, 5.74) is 3.91. The monoisotopic (exact) mass is 378 g/mol. The molecule has 0 radical (unpaired) electrons. The van der Waals surface area contributed by atoms with Crippen LogP contribution in [0.4, 0.5) is 5.82 Å². The van der Waals surface area contributed by atoms with E-state index in [9.17, 15) is 0 Å². The van der Waals surface area contributed by atoms with E-state index in [2.05, 4.69) is 33.3 Å². The van der Waals surface area contributed by atoms with Gasteiger partial charge >= 0.3 is 0 Å². The number of nitrogens with zero attached hydrogens (tertiary/aromatic N) is 3. The highest BCUT2D eigenvalue weighted by molar-refractivity contribution is 5.61. The van der Waals surface area contributed by atoms with Gasteiger partial charge in [-0.05, 0) is 30.7 Å². The highest BCUT2D eigenvalue weighted by atomic mass is 16.5. The maximum absolute atomic E-state index is 8.95. The fourth-order valence-electron chi connectivity index (χ4n) is 2.86. The van der Waals surface area contributed by atoms with Gasteiger partial charge in [-0.3, -0.25) is 4.98 Å². The number of benzene rings is 1. The van der Waals surface area contributed by atoms with Crippen LogP contribution in [0, 0.1) is 6.92 Å². The number of hydrogen-bond acceptors (Lipinski definition) is 6. The van der Waals surface area contributed by atoms with Crippen molar-refractivity contribution < 1.29 is 9.84 Å². The molecular weight excluding hydrogens is 352 g/mol. The number of aryl methyl sites for hydroxylation is 1. The number of aromatic nitrogens is 3. The zero-order valence-electron chi connectivity index (χ0n) is 16.3. The summed E-state index contributed by atoms with van der Waals surface area (Å²) in [4.78, 5) is 13.0. The van der Waals surface area contributed by atoms with E-state index in [1.54, 1.807) is 6.33 Å². The predicted molar refractivity (Wildman–Crippen MR) is 111 cm³/mol. The third-order valence-corrected chi connectivity index (χ3v) is 4.47. The first-order valence-electron chi connectivity index (χ1n) is 9.49. The van der Waals surface area contributed by atoms with E-state index in [-0.39, 0.29) is 12.5 Å². The topological polar surface area (TPSA) is 80.2 Å². The number of aliphatic hydroxyl groups excluding tert-OH is 1. The van der Waals surface area contributed by atoms with Gasteiger partial charge in [0.05, 0.1) is 12.3 Å². The number of ether oxygens (including phenoxy) is 1. The van der Waals surface area contributed by atoms with E-state index >= 15 is 0 Å². The molecule has 0 saturated heterocycles. The van der Waals surface area contributed by atoms with Crippen LogP contribution in [0.2, 0.25) is 0 Å². The van der Waals surface area contributed by atoms with Gasteiger partial charge in [-0.25, -0.2) is 9.97 Å². The Hall–Kier alpha value is -2.99. The molecule has 1 atom stereocenters. The molecule has 3 aromatic rings. The van der Waals surface area contributed by atoms with Crippen LogP contribution in [0.25, 0.3) is 11.3 Å². The average molecular weight is 378 g/mol. The Balaban J connectivity index is 1.66. The molecule has 3 rings (SSSR count). The normalized spacial score (nSPS) is 11.8. The van der Waals surface area contributed by atoms with Crippen molar-refractivity contribution >= 4 is 5.82 Å². The number of rotatable bonds is 9. The maximum atomic E-state index is 8.95. The van der Waals surface area contributed by atoms with Gasteiger partial charge in [-0.1, -0.05) is 25.1 Å². The summed E-state index contributed by atoms with van der Waals surface area (Å²) in [6.45, 7) is 5.46. The van der Waals surface area contributed by atoms with Crippen LogP contribution < -0.4 is 10.1 Å². The van der Waals surface area contributed by atoms with Crippen LogP contribution in [0.1, 0.15) is 30.5 Å². The second-order valence-electron chi connectivity index (χ2n) is 6.72. The van der Waals surface area contributed by atoms with Crippen LogP contribution in [0.3, 0.4) is 0 Å². The summed E-state index contributed by atoms with van der Waals surface area (Å²) in [7, 11) is 0. The lowest BCUT2D eigenvalue weighted by molar-refractivity contribution is 0.232. The molecule has 146 valence electrons. The summed E-state index contributed by atoms with van der Waals surface area (Å²) < 4.78 is 5.82. The number of aliphatic hydroxyl groups is 1. The first kappa shape index (κ1) is 19.8. The van der Waals surface area contributed by atoms with Crippen molar-refractivity contribution in [2.24, 2.45) is 0 Å². The van der Waals surface area contributed by atoms with Crippen LogP contribution in [0.15, 0.2) is 55.0 Å². The van der Waals surface area contributed by atoms with Gasteiger partial charge in [0.15, 0.2) is 0 Å². The molecule has 1 aromatic carbocycles. The third kappa shape index (κ3) is 5.27. The Morgan fingerprint density at radius 2 is 1.96 bits per heavy atom. The molecule has 2 N–H and O–H groups in total. The smallest absolute Gasteiger partial charge is 0.129 e. The molecule has 0 spiro atoms. The highest BCUT2D eigenvalue weighted by Gasteiger charge is 2.12. The van der Waals surface area contributed by atoms with E-state index in [1.807, 2.05) is 49.5 Å². The Bertz CT molecular complexity index is 884. The lowest BCUT2D eigenvalue weighted by Gasteiger charge is -2.18. The van der Waals surface area contributed by atoms with Crippen LogP contribution in [-0.4, -0.2) is 39.8 Å². The Morgan fingerprint density at radius 3 is 2.75 bits per heavy atom. The molecule has 0 aliphatic carbocycles. The van der Waals surface area contributed by atoms with Crippen LogP contribution in [0.5, 0.6) is 5.75 Å². The minimum Gasteiger partial charge on any atom is -0.493 e. The molecule has 0 bridgehead atoms. The molecule has 0 aliphatic rings. The summed E-state index contributed by atoms with van der Waals surface area (Å²) >= 11 is 0. The van der Waals surface area contributed by atoms with Gasteiger partial charge in [-0.15, -0.1) is 0 Å². The minimum atomic E-state index is 0.131. The maximum Gasteiger partial charge on any atom is 0.129 e. The van der Waals surface area contributed by atoms with Gasteiger partial charge < -0.3 is 15.2 Å². The number of nitrogens with one attached hydrogen (secondary N) is 1. The molecule has 0 amide bonds. The van der Waals surface area contributed by atoms with Crippen molar-refractivity contribution in [1.29, 1.82) is 0 Å². The molecule has 1 unspecified atom stereocenters. The summed E-state index contributed by atoms with van der Waals surface area (Å²) in [6, 6.07) is 13.9. The molecule has 28 heavy (non-hydrogen) atoms. The number of para-hydroxylation sites is 1. The summed E-state index contributed by atoms with van der Waals surface area (Å²) in [5, 5.41) is 12.3. The third-order valence-electron chi connectivity index (χ3n) is 4.47. The van der Waals surface area contributed by atoms with E-state index in [1.165, 1.54) is 0 Å². The first-order valence-corrected chi connectivity index (χ1v) is 9.49. The molecule has 2 aromatic heterocycles. The largest absolute Gasteiger partial charge is 0.493 e. The second-order valence-corrected chi connectivity index (χ2v) is 6.72. The average Bonchev–Trinajstić information content (AvgIpc) is 2.73.